The highest BCUT2D eigenvalue weighted by Gasteiger charge is 2.25. The predicted octanol–water partition coefficient (Wildman–Crippen LogP) is 2.68. The maximum Gasteiger partial charge on any atom is 0.240 e. The molecule has 22 heavy (non-hydrogen) atoms. The standard InChI is InChI=1S/C16H25FN2O2S/c1-12-10-15(17)7-8-16(12)22(20,21)18-11-14(3)19-9-5-4-6-13(19)2/h7-8,10,13-14,18H,4-6,9,11H2,1-3H3/t13-,14+/m0/s1. The number of hydrogen-bond acceptors (Lipinski definition) is 3. The summed E-state index contributed by atoms with van der Waals surface area (Å²) < 4.78 is 40.5. The number of halogens is 1. The number of benzene rings is 1. The van der Waals surface area contributed by atoms with Crippen molar-refractivity contribution in [1.82, 2.24) is 9.62 Å². The Labute approximate surface area is 132 Å². The van der Waals surface area contributed by atoms with Gasteiger partial charge in [0, 0.05) is 18.6 Å². The minimum Gasteiger partial charge on any atom is -0.297 e. The highest BCUT2D eigenvalue weighted by atomic mass is 32.2. The Kier molecular flexibility index (Phi) is 5.58. The Morgan fingerprint density at radius 2 is 2.14 bits per heavy atom. The molecule has 2 atom stereocenters. The summed E-state index contributed by atoms with van der Waals surface area (Å²) in [4.78, 5) is 2.50. The first-order valence-corrected chi connectivity index (χ1v) is 9.31. The van der Waals surface area contributed by atoms with E-state index in [1.54, 1.807) is 6.92 Å². The third-order valence-corrected chi connectivity index (χ3v) is 6.00. The van der Waals surface area contributed by atoms with Gasteiger partial charge in [-0.25, -0.2) is 17.5 Å². The maximum absolute atomic E-state index is 13.1. The van der Waals surface area contributed by atoms with Gasteiger partial charge < -0.3 is 0 Å². The molecule has 1 heterocycles. The fourth-order valence-corrected chi connectivity index (χ4v) is 4.46. The normalized spacial score (nSPS) is 21.7. The topological polar surface area (TPSA) is 49.4 Å². The molecule has 4 nitrogen and oxygen atoms in total. The average molecular weight is 328 g/mol. The molecule has 1 aliphatic rings. The van der Waals surface area contributed by atoms with Gasteiger partial charge in [-0.05, 0) is 63.9 Å². The molecule has 0 bridgehead atoms. The van der Waals surface area contributed by atoms with E-state index in [-0.39, 0.29) is 10.9 Å². The lowest BCUT2D eigenvalue weighted by atomic mass is 10.0. The quantitative estimate of drug-likeness (QED) is 0.904. The molecule has 1 aromatic carbocycles. The van der Waals surface area contributed by atoms with E-state index in [1.807, 2.05) is 6.92 Å². The predicted molar refractivity (Wildman–Crippen MR) is 85.8 cm³/mol. The molecular weight excluding hydrogens is 303 g/mol. The summed E-state index contributed by atoms with van der Waals surface area (Å²) in [6.45, 7) is 7.22. The summed E-state index contributed by atoms with van der Waals surface area (Å²) in [6.07, 6.45) is 3.57. The van der Waals surface area contributed by atoms with Crippen LogP contribution in [0.4, 0.5) is 4.39 Å². The third kappa shape index (κ3) is 4.06. The first kappa shape index (κ1) is 17.4. The van der Waals surface area contributed by atoms with Crippen molar-refractivity contribution in [3.8, 4) is 0 Å². The first-order chi connectivity index (χ1) is 10.3. The Morgan fingerprint density at radius 1 is 1.41 bits per heavy atom. The fraction of sp³-hybridized carbons (Fsp3) is 0.625. The van der Waals surface area contributed by atoms with Gasteiger partial charge in [0.05, 0.1) is 4.90 Å². The number of piperidine rings is 1. The van der Waals surface area contributed by atoms with Crippen LogP contribution in [0.2, 0.25) is 0 Å². The molecule has 0 spiro atoms. The average Bonchev–Trinajstić information content (AvgIpc) is 2.45. The number of rotatable bonds is 5. The first-order valence-electron chi connectivity index (χ1n) is 7.83. The zero-order valence-electron chi connectivity index (χ0n) is 13.5. The number of nitrogens with zero attached hydrogens (tertiary/aromatic N) is 1. The Balaban J connectivity index is 2.03. The third-order valence-electron chi connectivity index (χ3n) is 4.42. The summed E-state index contributed by atoms with van der Waals surface area (Å²) in [5, 5.41) is 0. The van der Waals surface area contributed by atoms with Gasteiger partial charge in [-0.1, -0.05) is 6.42 Å². The molecule has 1 aliphatic heterocycles. The van der Waals surface area contributed by atoms with Gasteiger partial charge in [-0.15, -0.1) is 0 Å². The van der Waals surface area contributed by atoms with Gasteiger partial charge in [0.1, 0.15) is 5.82 Å². The van der Waals surface area contributed by atoms with Crippen molar-refractivity contribution in [2.24, 2.45) is 0 Å². The van der Waals surface area contributed by atoms with Gasteiger partial charge in [0.15, 0.2) is 0 Å². The molecule has 1 aromatic rings. The Morgan fingerprint density at radius 3 is 2.77 bits per heavy atom. The highest BCUT2D eigenvalue weighted by Crippen LogP contribution is 2.20. The van der Waals surface area contributed by atoms with Crippen LogP contribution in [0.3, 0.4) is 0 Å². The van der Waals surface area contributed by atoms with Crippen LogP contribution in [0, 0.1) is 12.7 Å². The summed E-state index contributed by atoms with van der Waals surface area (Å²) in [7, 11) is -3.60. The minimum absolute atomic E-state index is 0.144. The Hall–Kier alpha value is -0.980. The van der Waals surface area contributed by atoms with Crippen molar-refractivity contribution in [2.75, 3.05) is 13.1 Å². The van der Waals surface area contributed by atoms with Crippen molar-refractivity contribution in [2.45, 2.75) is 57.0 Å². The van der Waals surface area contributed by atoms with E-state index in [0.717, 1.165) is 13.0 Å². The van der Waals surface area contributed by atoms with E-state index in [1.165, 1.54) is 31.0 Å². The molecule has 0 radical (unpaired) electrons. The van der Waals surface area contributed by atoms with E-state index in [2.05, 4.69) is 16.5 Å². The molecule has 0 amide bonds. The summed E-state index contributed by atoms with van der Waals surface area (Å²) in [5.41, 5.74) is 0.423. The zero-order valence-corrected chi connectivity index (χ0v) is 14.3. The summed E-state index contributed by atoms with van der Waals surface area (Å²) in [6, 6.07) is 4.37. The van der Waals surface area contributed by atoms with Crippen LogP contribution in [0.1, 0.15) is 38.7 Å². The smallest absolute Gasteiger partial charge is 0.240 e. The van der Waals surface area contributed by atoms with Gasteiger partial charge in [0.2, 0.25) is 10.0 Å². The Bertz CT molecular complexity index is 619. The van der Waals surface area contributed by atoms with Crippen molar-refractivity contribution in [3.63, 3.8) is 0 Å². The van der Waals surface area contributed by atoms with Gasteiger partial charge in [-0.2, -0.15) is 0 Å². The van der Waals surface area contributed by atoms with Crippen LogP contribution in [0.5, 0.6) is 0 Å². The maximum atomic E-state index is 13.1. The molecule has 0 unspecified atom stereocenters. The van der Waals surface area contributed by atoms with Gasteiger partial charge >= 0.3 is 0 Å². The van der Waals surface area contributed by atoms with E-state index in [9.17, 15) is 12.8 Å². The number of sulfonamides is 1. The molecule has 0 aliphatic carbocycles. The molecule has 0 saturated carbocycles. The van der Waals surface area contributed by atoms with Crippen molar-refractivity contribution < 1.29 is 12.8 Å². The second-order valence-corrected chi connectivity index (χ2v) is 7.93. The fourth-order valence-electron chi connectivity index (χ4n) is 3.11. The van der Waals surface area contributed by atoms with E-state index < -0.39 is 15.8 Å². The van der Waals surface area contributed by atoms with Gasteiger partial charge in [0.25, 0.3) is 0 Å². The number of hydrogen-bond donors (Lipinski definition) is 1. The monoisotopic (exact) mass is 328 g/mol. The SMILES string of the molecule is Cc1cc(F)ccc1S(=O)(=O)NC[C@@H](C)N1CCCC[C@@H]1C. The van der Waals surface area contributed by atoms with Crippen molar-refractivity contribution in [3.05, 3.63) is 29.6 Å². The molecule has 124 valence electrons. The zero-order chi connectivity index (χ0) is 16.3. The number of nitrogens with one attached hydrogen (secondary N) is 1. The van der Waals surface area contributed by atoms with Crippen LogP contribution < -0.4 is 4.72 Å². The number of likely N-dealkylation sites (tertiary alicyclic amines) is 1. The molecular formula is C16H25FN2O2S. The molecule has 2 rings (SSSR count). The van der Waals surface area contributed by atoms with Crippen LogP contribution in [0.15, 0.2) is 23.1 Å². The lowest BCUT2D eigenvalue weighted by molar-refractivity contribution is 0.116. The van der Waals surface area contributed by atoms with Crippen LogP contribution in [-0.2, 0) is 10.0 Å². The van der Waals surface area contributed by atoms with E-state index in [0.29, 0.717) is 18.2 Å². The van der Waals surface area contributed by atoms with E-state index in [4.69, 9.17) is 0 Å². The van der Waals surface area contributed by atoms with Crippen molar-refractivity contribution in [1.29, 1.82) is 0 Å². The lowest BCUT2D eigenvalue weighted by Gasteiger charge is -2.38. The molecule has 1 saturated heterocycles. The molecule has 1 N–H and O–H groups in total. The second-order valence-electron chi connectivity index (χ2n) is 6.19. The van der Waals surface area contributed by atoms with Crippen LogP contribution >= 0.6 is 0 Å². The lowest BCUT2D eigenvalue weighted by Crippen LogP contribution is -2.48. The molecule has 1 fully saturated rings. The second kappa shape index (κ2) is 7.06. The van der Waals surface area contributed by atoms with Crippen LogP contribution in [-0.4, -0.2) is 38.5 Å². The highest BCUT2D eigenvalue weighted by molar-refractivity contribution is 7.89. The van der Waals surface area contributed by atoms with Crippen molar-refractivity contribution >= 4 is 10.0 Å². The number of aryl methyl sites for hydroxylation is 1. The van der Waals surface area contributed by atoms with Gasteiger partial charge in [-0.3, -0.25) is 4.90 Å². The van der Waals surface area contributed by atoms with E-state index >= 15 is 0 Å². The summed E-state index contributed by atoms with van der Waals surface area (Å²) in [5.74, 6) is -0.424. The molecule has 0 aromatic heterocycles. The summed E-state index contributed by atoms with van der Waals surface area (Å²) >= 11 is 0. The van der Waals surface area contributed by atoms with Crippen LogP contribution in [0.25, 0.3) is 0 Å². The minimum atomic E-state index is -3.60. The molecule has 6 heteroatoms. The largest absolute Gasteiger partial charge is 0.297 e.